The average molecular weight is 273 g/mol. The fraction of sp³-hybridized carbons (Fsp3) is 0.455. The van der Waals surface area contributed by atoms with Gasteiger partial charge in [0, 0.05) is 37.4 Å². The summed E-state index contributed by atoms with van der Waals surface area (Å²) in [5.74, 6) is 0. The molecule has 15 heavy (non-hydrogen) atoms. The molecule has 0 radical (unpaired) electrons. The minimum atomic E-state index is 0.548. The lowest BCUT2D eigenvalue weighted by atomic mass is 10.1. The van der Waals surface area contributed by atoms with Gasteiger partial charge in [0.1, 0.15) is 0 Å². The number of benzene rings is 1. The lowest BCUT2D eigenvalue weighted by molar-refractivity contribution is 0.206. The van der Waals surface area contributed by atoms with Crippen LogP contribution in [0, 0.1) is 0 Å². The topological polar surface area (TPSA) is 38.5 Å². The third-order valence-electron chi connectivity index (χ3n) is 2.30. The molecular weight excluding hydrogens is 256 g/mol. The third-order valence-corrected chi connectivity index (χ3v) is 2.80. The van der Waals surface area contributed by atoms with Crippen LogP contribution in [0.3, 0.4) is 0 Å². The highest BCUT2D eigenvalue weighted by atomic mass is 79.9. The van der Waals surface area contributed by atoms with Gasteiger partial charge in [-0.1, -0.05) is 15.9 Å². The van der Waals surface area contributed by atoms with Crippen molar-refractivity contribution in [1.82, 2.24) is 0 Å². The Hall–Kier alpha value is -0.580. The fourth-order valence-electron chi connectivity index (χ4n) is 1.44. The summed E-state index contributed by atoms with van der Waals surface area (Å²) in [6.07, 6.45) is 0. The predicted molar refractivity (Wildman–Crippen MR) is 67.2 cm³/mol. The van der Waals surface area contributed by atoms with Gasteiger partial charge in [-0.25, -0.2) is 0 Å². The standard InChI is InChI=1S/C11H17BrN2O/c1-14(5-6-15-2)11-4-3-10(12)7-9(11)8-13/h3-4,7H,5-6,8,13H2,1-2H3. The molecule has 0 aromatic heterocycles. The number of likely N-dealkylation sites (N-methyl/N-ethyl adjacent to an activating group) is 1. The van der Waals surface area contributed by atoms with E-state index in [1.54, 1.807) is 7.11 Å². The highest BCUT2D eigenvalue weighted by molar-refractivity contribution is 9.10. The maximum Gasteiger partial charge on any atom is 0.0637 e. The van der Waals surface area contributed by atoms with E-state index < -0.39 is 0 Å². The van der Waals surface area contributed by atoms with Crippen LogP contribution in [0.1, 0.15) is 5.56 Å². The first-order valence-corrected chi connectivity index (χ1v) is 5.67. The summed E-state index contributed by atoms with van der Waals surface area (Å²) >= 11 is 3.44. The Morgan fingerprint density at radius 2 is 2.20 bits per heavy atom. The molecule has 0 saturated heterocycles. The Morgan fingerprint density at radius 1 is 1.47 bits per heavy atom. The minimum Gasteiger partial charge on any atom is -0.383 e. The molecule has 0 heterocycles. The van der Waals surface area contributed by atoms with Crippen molar-refractivity contribution in [3.05, 3.63) is 28.2 Å². The fourth-order valence-corrected chi connectivity index (χ4v) is 1.85. The SMILES string of the molecule is COCCN(C)c1ccc(Br)cc1CN. The number of hydrogen-bond acceptors (Lipinski definition) is 3. The molecule has 0 bridgehead atoms. The van der Waals surface area contributed by atoms with E-state index in [1.165, 1.54) is 0 Å². The molecule has 0 aliphatic heterocycles. The molecule has 0 spiro atoms. The molecule has 0 saturated carbocycles. The molecule has 4 heteroatoms. The van der Waals surface area contributed by atoms with Crippen molar-refractivity contribution in [2.75, 3.05) is 32.2 Å². The number of hydrogen-bond donors (Lipinski definition) is 1. The van der Waals surface area contributed by atoms with E-state index in [9.17, 15) is 0 Å². The van der Waals surface area contributed by atoms with Crippen LogP contribution in [0.4, 0.5) is 5.69 Å². The van der Waals surface area contributed by atoms with Crippen LogP contribution in [-0.4, -0.2) is 27.3 Å². The zero-order chi connectivity index (χ0) is 11.3. The van der Waals surface area contributed by atoms with Crippen molar-refractivity contribution in [1.29, 1.82) is 0 Å². The first-order valence-electron chi connectivity index (χ1n) is 4.87. The van der Waals surface area contributed by atoms with E-state index in [2.05, 4.69) is 33.0 Å². The molecule has 2 N–H and O–H groups in total. The number of nitrogens with two attached hydrogens (primary N) is 1. The molecule has 1 rings (SSSR count). The van der Waals surface area contributed by atoms with Crippen molar-refractivity contribution in [3.63, 3.8) is 0 Å². The predicted octanol–water partition coefficient (Wildman–Crippen LogP) is 1.99. The second-order valence-corrected chi connectivity index (χ2v) is 4.31. The lowest BCUT2D eigenvalue weighted by Crippen LogP contribution is -2.23. The van der Waals surface area contributed by atoms with E-state index in [0.29, 0.717) is 6.54 Å². The number of rotatable bonds is 5. The lowest BCUT2D eigenvalue weighted by Gasteiger charge is -2.21. The Kier molecular flexibility index (Phi) is 5.08. The molecule has 0 aliphatic rings. The van der Waals surface area contributed by atoms with Crippen molar-refractivity contribution in [2.45, 2.75) is 6.54 Å². The highest BCUT2D eigenvalue weighted by Crippen LogP contribution is 2.23. The number of halogens is 1. The summed E-state index contributed by atoms with van der Waals surface area (Å²) in [7, 11) is 3.75. The number of ether oxygens (including phenoxy) is 1. The zero-order valence-electron chi connectivity index (χ0n) is 9.16. The van der Waals surface area contributed by atoms with Gasteiger partial charge in [0.25, 0.3) is 0 Å². The van der Waals surface area contributed by atoms with Crippen molar-refractivity contribution in [2.24, 2.45) is 5.73 Å². The summed E-state index contributed by atoms with van der Waals surface area (Å²) in [6, 6.07) is 6.15. The molecule has 0 fully saturated rings. The second kappa shape index (κ2) is 6.10. The van der Waals surface area contributed by atoms with Gasteiger partial charge in [-0.2, -0.15) is 0 Å². The maximum absolute atomic E-state index is 5.71. The van der Waals surface area contributed by atoms with Gasteiger partial charge in [-0.05, 0) is 23.8 Å². The van der Waals surface area contributed by atoms with Crippen LogP contribution in [0.5, 0.6) is 0 Å². The van der Waals surface area contributed by atoms with Crippen LogP contribution < -0.4 is 10.6 Å². The highest BCUT2D eigenvalue weighted by Gasteiger charge is 2.06. The molecule has 1 aromatic carbocycles. The molecular formula is C11H17BrN2O. The Balaban J connectivity index is 2.82. The maximum atomic E-state index is 5.71. The molecule has 0 atom stereocenters. The number of anilines is 1. The van der Waals surface area contributed by atoms with Gasteiger partial charge in [0.05, 0.1) is 6.61 Å². The van der Waals surface area contributed by atoms with Crippen molar-refractivity contribution < 1.29 is 4.74 Å². The summed E-state index contributed by atoms with van der Waals surface area (Å²) < 4.78 is 6.11. The van der Waals surface area contributed by atoms with E-state index in [1.807, 2.05) is 13.1 Å². The van der Waals surface area contributed by atoms with Crippen LogP contribution in [-0.2, 0) is 11.3 Å². The van der Waals surface area contributed by atoms with Gasteiger partial charge >= 0.3 is 0 Å². The first-order chi connectivity index (χ1) is 7.19. The molecule has 84 valence electrons. The minimum absolute atomic E-state index is 0.548. The van der Waals surface area contributed by atoms with Crippen LogP contribution in [0.25, 0.3) is 0 Å². The monoisotopic (exact) mass is 272 g/mol. The van der Waals surface area contributed by atoms with Crippen molar-refractivity contribution >= 4 is 21.6 Å². The number of nitrogens with zero attached hydrogens (tertiary/aromatic N) is 1. The smallest absolute Gasteiger partial charge is 0.0637 e. The van der Waals surface area contributed by atoms with Crippen molar-refractivity contribution in [3.8, 4) is 0 Å². The number of methoxy groups -OCH3 is 1. The summed E-state index contributed by atoms with van der Waals surface area (Å²) in [6.45, 7) is 2.13. The second-order valence-electron chi connectivity index (χ2n) is 3.39. The zero-order valence-corrected chi connectivity index (χ0v) is 10.8. The van der Waals surface area contributed by atoms with Gasteiger partial charge in [0.2, 0.25) is 0 Å². The summed E-state index contributed by atoms with van der Waals surface area (Å²) in [5, 5.41) is 0. The van der Waals surface area contributed by atoms with Gasteiger partial charge in [-0.3, -0.25) is 0 Å². The average Bonchev–Trinajstić information content (AvgIpc) is 2.25. The van der Waals surface area contributed by atoms with E-state index in [-0.39, 0.29) is 0 Å². The van der Waals surface area contributed by atoms with E-state index in [0.717, 1.165) is 28.9 Å². The Morgan fingerprint density at radius 3 is 2.80 bits per heavy atom. The summed E-state index contributed by atoms with van der Waals surface area (Å²) in [5.41, 5.74) is 8.01. The van der Waals surface area contributed by atoms with Crippen LogP contribution in [0.15, 0.2) is 22.7 Å². The third kappa shape index (κ3) is 3.48. The first kappa shape index (κ1) is 12.5. The summed E-state index contributed by atoms with van der Waals surface area (Å²) in [4.78, 5) is 2.15. The van der Waals surface area contributed by atoms with Crippen LogP contribution in [0.2, 0.25) is 0 Å². The molecule has 0 amide bonds. The Labute approximate surface area is 99.3 Å². The molecule has 0 aliphatic carbocycles. The van der Waals surface area contributed by atoms with Gasteiger partial charge in [-0.15, -0.1) is 0 Å². The molecule has 0 unspecified atom stereocenters. The quantitative estimate of drug-likeness (QED) is 0.891. The van der Waals surface area contributed by atoms with E-state index >= 15 is 0 Å². The molecule has 3 nitrogen and oxygen atoms in total. The van der Waals surface area contributed by atoms with Gasteiger partial charge < -0.3 is 15.4 Å². The Bertz CT molecular complexity index is 317. The van der Waals surface area contributed by atoms with Crippen LogP contribution >= 0.6 is 15.9 Å². The van der Waals surface area contributed by atoms with E-state index in [4.69, 9.17) is 10.5 Å². The van der Waals surface area contributed by atoms with Gasteiger partial charge in [0.15, 0.2) is 0 Å². The molecule has 1 aromatic rings. The normalized spacial score (nSPS) is 10.4. The largest absolute Gasteiger partial charge is 0.383 e.